The van der Waals surface area contributed by atoms with E-state index in [4.69, 9.17) is 5.26 Å². The quantitative estimate of drug-likeness (QED) is 0.311. The van der Waals surface area contributed by atoms with Crippen LogP contribution in [0.5, 0.6) is 0 Å². The summed E-state index contributed by atoms with van der Waals surface area (Å²) >= 11 is 0. The van der Waals surface area contributed by atoms with Crippen LogP contribution in [0.1, 0.15) is 0 Å². The van der Waals surface area contributed by atoms with Gasteiger partial charge in [0.1, 0.15) is 6.61 Å². The van der Waals surface area contributed by atoms with Crippen molar-refractivity contribution in [3.8, 4) is 6.07 Å². The second-order valence-corrected chi connectivity index (χ2v) is 2.03. The fraction of sp³-hybridized carbons (Fsp3) is 0.500. The molecule has 0 spiro atoms. The molecule has 0 aliphatic rings. The molecule has 5 nitrogen and oxygen atoms in total. The van der Waals surface area contributed by atoms with Crippen molar-refractivity contribution in [2.24, 2.45) is 0 Å². The molecular formula is C2H2NNa2O4P. The summed E-state index contributed by atoms with van der Waals surface area (Å²) in [6, 6.07) is 1.33. The minimum absolute atomic E-state index is 0. The van der Waals surface area contributed by atoms with Gasteiger partial charge in [-0.25, -0.2) is 0 Å². The second kappa shape index (κ2) is 8.69. The van der Waals surface area contributed by atoms with E-state index in [0.29, 0.717) is 0 Å². The third kappa shape index (κ3) is 16.3. The topological polar surface area (TPSA) is 96.2 Å². The van der Waals surface area contributed by atoms with Crippen LogP contribution < -0.4 is 68.9 Å². The van der Waals surface area contributed by atoms with E-state index < -0.39 is 14.4 Å². The number of rotatable bonds is 2. The van der Waals surface area contributed by atoms with Gasteiger partial charge in [-0.05, 0) is 0 Å². The minimum atomic E-state index is -4.90. The maximum atomic E-state index is 9.49. The van der Waals surface area contributed by atoms with Crippen LogP contribution in [-0.2, 0) is 9.09 Å². The summed E-state index contributed by atoms with van der Waals surface area (Å²) in [6.45, 7) is -0.704. The Hall–Kier alpha value is 1.60. The first-order valence-corrected chi connectivity index (χ1v) is 3.06. The third-order valence-electron chi connectivity index (χ3n) is 0.287. The number of nitrogens with zero attached hydrogens (tertiary/aromatic N) is 1. The summed E-state index contributed by atoms with van der Waals surface area (Å²) in [6.07, 6.45) is 0. The molecule has 0 atom stereocenters. The molecule has 0 radical (unpaired) electrons. The molecule has 0 bridgehead atoms. The van der Waals surface area contributed by atoms with E-state index >= 15 is 0 Å². The normalized spacial score (nSPS) is 8.50. The van der Waals surface area contributed by atoms with Crippen LogP contribution in [0.2, 0.25) is 0 Å². The Kier molecular flexibility index (Phi) is 15.3. The summed E-state index contributed by atoms with van der Waals surface area (Å²) in [7, 11) is -4.90. The first-order chi connectivity index (χ1) is 3.56. The zero-order chi connectivity index (χ0) is 6.62. The molecule has 0 amide bonds. The van der Waals surface area contributed by atoms with Crippen LogP contribution in [0.3, 0.4) is 0 Å². The Labute approximate surface area is 103 Å². The van der Waals surface area contributed by atoms with Gasteiger partial charge < -0.3 is 18.9 Å². The largest absolute Gasteiger partial charge is 1.00 e. The van der Waals surface area contributed by atoms with Gasteiger partial charge in [-0.15, -0.1) is 0 Å². The number of hydrogen-bond donors (Lipinski definition) is 0. The molecule has 0 rings (SSSR count). The fourth-order valence-electron chi connectivity index (χ4n) is 0.108. The van der Waals surface area contributed by atoms with Crippen LogP contribution in [-0.4, -0.2) is 6.61 Å². The number of phosphoric acid groups is 1. The van der Waals surface area contributed by atoms with E-state index in [1.807, 2.05) is 0 Å². The van der Waals surface area contributed by atoms with E-state index in [2.05, 4.69) is 4.52 Å². The summed E-state index contributed by atoms with van der Waals surface area (Å²) < 4.78 is 13.0. The van der Waals surface area contributed by atoms with Crippen molar-refractivity contribution in [1.29, 1.82) is 5.26 Å². The molecule has 0 aromatic heterocycles. The van der Waals surface area contributed by atoms with Gasteiger partial charge in [-0.3, -0.25) is 0 Å². The van der Waals surface area contributed by atoms with Gasteiger partial charge in [0.2, 0.25) is 0 Å². The van der Waals surface area contributed by atoms with E-state index in [1.165, 1.54) is 6.07 Å². The zero-order valence-electron chi connectivity index (χ0n) is 5.73. The van der Waals surface area contributed by atoms with Gasteiger partial charge in [0.25, 0.3) is 0 Å². The maximum Gasteiger partial charge on any atom is 1.00 e. The smallest absolute Gasteiger partial charge is 0.790 e. The predicted molar refractivity (Wildman–Crippen MR) is 19.2 cm³/mol. The SMILES string of the molecule is N#CCOP(=O)([O-])[O-].[Na+].[Na+]. The third-order valence-corrected chi connectivity index (χ3v) is 0.733. The van der Waals surface area contributed by atoms with Gasteiger partial charge in [0, 0.05) is 0 Å². The van der Waals surface area contributed by atoms with Crippen LogP contribution in [0, 0.1) is 11.3 Å². The van der Waals surface area contributed by atoms with Crippen LogP contribution >= 0.6 is 7.82 Å². The molecule has 0 saturated carbocycles. The summed E-state index contributed by atoms with van der Waals surface area (Å²) in [5.74, 6) is 0. The fourth-order valence-corrected chi connectivity index (χ4v) is 0.324. The Morgan fingerprint density at radius 3 is 2.00 bits per heavy atom. The Balaban J connectivity index is -0.000000245. The predicted octanol–water partition coefficient (Wildman–Crippen LogP) is -7.64. The molecule has 0 aromatic carbocycles. The van der Waals surface area contributed by atoms with Gasteiger partial charge >= 0.3 is 59.1 Å². The van der Waals surface area contributed by atoms with E-state index in [1.54, 1.807) is 0 Å². The second-order valence-electron chi connectivity index (χ2n) is 0.879. The Morgan fingerprint density at radius 1 is 1.50 bits per heavy atom. The maximum absolute atomic E-state index is 9.49. The van der Waals surface area contributed by atoms with Gasteiger partial charge in [-0.1, -0.05) is 0 Å². The summed E-state index contributed by atoms with van der Waals surface area (Å²) in [4.78, 5) is 19.0. The molecule has 0 aliphatic heterocycles. The average molecular weight is 181 g/mol. The summed E-state index contributed by atoms with van der Waals surface area (Å²) in [5.41, 5.74) is 0. The number of hydrogen-bond acceptors (Lipinski definition) is 5. The molecular weight excluding hydrogens is 179 g/mol. The zero-order valence-corrected chi connectivity index (χ0v) is 10.6. The van der Waals surface area contributed by atoms with Gasteiger partial charge in [0.15, 0.2) is 0 Å². The molecule has 0 saturated heterocycles. The van der Waals surface area contributed by atoms with Crippen molar-refractivity contribution >= 4 is 7.82 Å². The van der Waals surface area contributed by atoms with E-state index in [-0.39, 0.29) is 59.1 Å². The Bertz CT molecular complexity index is 150. The molecule has 46 valence electrons. The standard InChI is InChI=1S/C2H4NO4P.2Na/c3-1-2-7-8(4,5)6;;/h2H2,(H2,4,5,6);;/q;2*+1/p-2. The molecule has 0 heterocycles. The van der Waals surface area contributed by atoms with Gasteiger partial charge in [-0.2, -0.15) is 5.26 Å². The van der Waals surface area contributed by atoms with Crippen molar-refractivity contribution in [3.63, 3.8) is 0 Å². The van der Waals surface area contributed by atoms with Crippen molar-refractivity contribution in [1.82, 2.24) is 0 Å². The molecule has 0 N–H and O–H groups in total. The molecule has 0 unspecified atom stereocenters. The average Bonchev–Trinajstić information content (AvgIpc) is 1.59. The Morgan fingerprint density at radius 2 is 1.90 bits per heavy atom. The van der Waals surface area contributed by atoms with Crippen molar-refractivity contribution < 1.29 is 78.0 Å². The van der Waals surface area contributed by atoms with E-state index in [0.717, 1.165) is 0 Å². The van der Waals surface area contributed by atoms with Crippen LogP contribution in [0.4, 0.5) is 0 Å². The summed E-state index contributed by atoms with van der Waals surface area (Å²) in [5, 5.41) is 7.66. The van der Waals surface area contributed by atoms with Crippen molar-refractivity contribution in [3.05, 3.63) is 0 Å². The number of phosphoric ester groups is 1. The van der Waals surface area contributed by atoms with Gasteiger partial charge in [0.05, 0.1) is 13.9 Å². The van der Waals surface area contributed by atoms with Crippen molar-refractivity contribution in [2.75, 3.05) is 6.61 Å². The minimum Gasteiger partial charge on any atom is -0.790 e. The molecule has 0 fully saturated rings. The van der Waals surface area contributed by atoms with Crippen molar-refractivity contribution in [2.45, 2.75) is 0 Å². The number of nitriles is 1. The first-order valence-electron chi connectivity index (χ1n) is 1.60. The van der Waals surface area contributed by atoms with Crippen LogP contribution in [0.15, 0.2) is 0 Å². The molecule has 0 aliphatic carbocycles. The molecule has 10 heavy (non-hydrogen) atoms. The molecule has 0 aromatic rings. The van der Waals surface area contributed by atoms with E-state index in [9.17, 15) is 14.4 Å². The van der Waals surface area contributed by atoms with Crippen LogP contribution in [0.25, 0.3) is 0 Å². The molecule has 8 heteroatoms. The monoisotopic (exact) mass is 181 g/mol. The first kappa shape index (κ1) is 17.6.